The zero-order valence-corrected chi connectivity index (χ0v) is 11.0. The molecule has 5 heteroatoms. The third-order valence-corrected chi connectivity index (χ3v) is 3.37. The van der Waals surface area contributed by atoms with E-state index in [-0.39, 0.29) is 5.91 Å². The van der Waals surface area contributed by atoms with Crippen molar-refractivity contribution in [2.45, 2.75) is 32.6 Å². The van der Waals surface area contributed by atoms with Gasteiger partial charge in [-0.05, 0) is 51.3 Å². The fraction of sp³-hybridized carbons (Fsp3) is 0.692. The molecular formula is C13H22N4O. The highest BCUT2D eigenvalue weighted by atomic mass is 16.1. The molecular weight excluding hydrogens is 228 g/mol. The summed E-state index contributed by atoms with van der Waals surface area (Å²) in [4.78, 5) is 11.7. The lowest BCUT2D eigenvalue weighted by atomic mass is 9.96. The monoisotopic (exact) mass is 250 g/mol. The second-order valence-electron chi connectivity index (χ2n) is 5.07. The molecule has 0 spiro atoms. The Bertz CT molecular complexity index is 382. The Hall–Kier alpha value is -1.36. The Balaban J connectivity index is 1.62. The van der Waals surface area contributed by atoms with Gasteiger partial charge in [-0.2, -0.15) is 5.10 Å². The Morgan fingerprint density at radius 3 is 3.17 bits per heavy atom. The van der Waals surface area contributed by atoms with Gasteiger partial charge in [0, 0.05) is 12.2 Å². The first-order valence-electron chi connectivity index (χ1n) is 6.72. The van der Waals surface area contributed by atoms with Crippen molar-refractivity contribution < 1.29 is 4.79 Å². The molecule has 1 aromatic rings. The summed E-state index contributed by atoms with van der Waals surface area (Å²) in [5.41, 5.74) is 1.80. The number of hydrogen-bond acceptors (Lipinski definition) is 3. The first-order valence-corrected chi connectivity index (χ1v) is 6.72. The van der Waals surface area contributed by atoms with E-state index in [2.05, 4.69) is 20.8 Å². The van der Waals surface area contributed by atoms with E-state index in [4.69, 9.17) is 0 Å². The van der Waals surface area contributed by atoms with Crippen molar-refractivity contribution in [1.29, 1.82) is 0 Å². The van der Waals surface area contributed by atoms with Crippen LogP contribution in [-0.2, 0) is 11.2 Å². The minimum absolute atomic E-state index is 0.0604. The van der Waals surface area contributed by atoms with E-state index in [0.717, 1.165) is 37.4 Å². The standard InChI is InChI=1S/C13H22N4O/c1-10-7-12(17-16-10)8-13(18)15-6-4-11-3-2-5-14-9-11/h7,11,14H,2-6,8-9H2,1H3,(H,15,18)(H,16,17). The minimum atomic E-state index is 0.0604. The topological polar surface area (TPSA) is 69.8 Å². The number of nitrogens with zero attached hydrogens (tertiary/aromatic N) is 1. The second kappa shape index (κ2) is 6.54. The molecule has 1 unspecified atom stereocenters. The molecule has 0 bridgehead atoms. The average molecular weight is 250 g/mol. The number of aromatic amines is 1. The fourth-order valence-electron chi connectivity index (χ4n) is 2.38. The molecule has 1 aromatic heterocycles. The van der Waals surface area contributed by atoms with Crippen LogP contribution in [0.2, 0.25) is 0 Å². The van der Waals surface area contributed by atoms with Crippen molar-refractivity contribution in [2.75, 3.05) is 19.6 Å². The molecule has 100 valence electrons. The van der Waals surface area contributed by atoms with Crippen LogP contribution in [0.3, 0.4) is 0 Å². The van der Waals surface area contributed by atoms with Crippen LogP contribution in [0.15, 0.2) is 6.07 Å². The van der Waals surface area contributed by atoms with E-state index in [1.807, 2.05) is 13.0 Å². The number of rotatable bonds is 5. The van der Waals surface area contributed by atoms with Crippen molar-refractivity contribution in [1.82, 2.24) is 20.8 Å². The molecule has 1 amide bonds. The second-order valence-corrected chi connectivity index (χ2v) is 5.07. The van der Waals surface area contributed by atoms with Crippen LogP contribution < -0.4 is 10.6 Å². The number of carbonyl (C=O) groups is 1. The molecule has 0 saturated carbocycles. The quantitative estimate of drug-likeness (QED) is 0.723. The summed E-state index contributed by atoms with van der Waals surface area (Å²) in [7, 11) is 0. The Kier molecular flexibility index (Phi) is 4.75. The maximum absolute atomic E-state index is 11.7. The lowest BCUT2D eigenvalue weighted by molar-refractivity contribution is -0.120. The third-order valence-electron chi connectivity index (χ3n) is 3.37. The van der Waals surface area contributed by atoms with Gasteiger partial charge >= 0.3 is 0 Å². The summed E-state index contributed by atoms with van der Waals surface area (Å²) in [5, 5.41) is 13.3. The summed E-state index contributed by atoms with van der Waals surface area (Å²) < 4.78 is 0. The summed E-state index contributed by atoms with van der Waals surface area (Å²) in [6.07, 6.45) is 3.97. The predicted molar refractivity (Wildman–Crippen MR) is 70.2 cm³/mol. The van der Waals surface area contributed by atoms with Gasteiger partial charge in [0.15, 0.2) is 0 Å². The predicted octanol–water partition coefficient (Wildman–Crippen LogP) is 0.767. The zero-order valence-electron chi connectivity index (χ0n) is 11.0. The lowest BCUT2D eigenvalue weighted by Gasteiger charge is -2.22. The smallest absolute Gasteiger partial charge is 0.226 e. The van der Waals surface area contributed by atoms with Crippen LogP contribution in [-0.4, -0.2) is 35.7 Å². The highest BCUT2D eigenvalue weighted by molar-refractivity contribution is 5.78. The van der Waals surface area contributed by atoms with Crippen molar-refractivity contribution in [3.8, 4) is 0 Å². The number of H-pyrrole nitrogens is 1. The largest absolute Gasteiger partial charge is 0.356 e. The molecule has 0 aromatic carbocycles. The molecule has 0 aliphatic carbocycles. The molecule has 1 aliphatic heterocycles. The van der Waals surface area contributed by atoms with Crippen LogP contribution in [0.1, 0.15) is 30.7 Å². The highest BCUT2D eigenvalue weighted by Gasteiger charge is 2.13. The van der Waals surface area contributed by atoms with E-state index in [1.54, 1.807) is 0 Å². The van der Waals surface area contributed by atoms with Gasteiger partial charge in [0.25, 0.3) is 0 Å². The zero-order chi connectivity index (χ0) is 12.8. The number of piperidine rings is 1. The number of carbonyl (C=O) groups excluding carboxylic acids is 1. The molecule has 3 N–H and O–H groups in total. The SMILES string of the molecule is Cc1cc(CC(=O)NCCC2CCCNC2)n[nH]1. The van der Waals surface area contributed by atoms with E-state index >= 15 is 0 Å². The van der Waals surface area contributed by atoms with Crippen molar-refractivity contribution in [3.63, 3.8) is 0 Å². The normalized spacial score (nSPS) is 19.7. The molecule has 1 fully saturated rings. The Morgan fingerprint density at radius 1 is 1.61 bits per heavy atom. The molecule has 1 atom stereocenters. The fourth-order valence-corrected chi connectivity index (χ4v) is 2.38. The van der Waals surface area contributed by atoms with Gasteiger partial charge in [0.05, 0.1) is 12.1 Å². The number of amides is 1. The van der Waals surface area contributed by atoms with E-state index in [1.165, 1.54) is 12.8 Å². The summed E-state index contributed by atoms with van der Waals surface area (Å²) in [6.45, 7) is 4.94. The minimum Gasteiger partial charge on any atom is -0.356 e. The van der Waals surface area contributed by atoms with Crippen LogP contribution >= 0.6 is 0 Å². The molecule has 1 aliphatic rings. The van der Waals surface area contributed by atoms with Gasteiger partial charge in [0.2, 0.25) is 5.91 Å². The molecule has 2 rings (SSSR count). The molecule has 1 saturated heterocycles. The van der Waals surface area contributed by atoms with Crippen LogP contribution in [0.5, 0.6) is 0 Å². The molecule has 0 radical (unpaired) electrons. The summed E-state index contributed by atoms with van der Waals surface area (Å²) >= 11 is 0. The number of hydrogen-bond donors (Lipinski definition) is 3. The van der Waals surface area contributed by atoms with E-state index < -0.39 is 0 Å². The summed E-state index contributed by atoms with van der Waals surface area (Å²) in [5.74, 6) is 0.775. The van der Waals surface area contributed by atoms with Gasteiger partial charge in [-0.1, -0.05) is 0 Å². The van der Waals surface area contributed by atoms with Gasteiger partial charge in [-0.15, -0.1) is 0 Å². The van der Waals surface area contributed by atoms with Crippen molar-refractivity contribution in [3.05, 3.63) is 17.5 Å². The average Bonchev–Trinajstić information content (AvgIpc) is 2.76. The number of aromatic nitrogens is 2. The highest BCUT2D eigenvalue weighted by Crippen LogP contribution is 2.12. The van der Waals surface area contributed by atoms with Gasteiger partial charge in [0.1, 0.15) is 0 Å². The van der Waals surface area contributed by atoms with Crippen LogP contribution in [0, 0.1) is 12.8 Å². The number of nitrogens with one attached hydrogen (secondary N) is 3. The number of aryl methyl sites for hydroxylation is 1. The Labute approximate surface area is 108 Å². The Morgan fingerprint density at radius 2 is 2.50 bits per heavy atom. The summed E-state index contributed by atoms with van der Waals surface area (Å²) in [6, 6.07) is 1.91. The molecule has 5 nitrogen and oxygen atoms in total. The maximum Gasteiger partial charge on any atom is 0.226 e. The van der Waals surface area contributed by atoms with Crippen molar-refractivity contribution >= 4 is 5.91 Å². The molecule has 2 heterocycles. The van der Waals surface area contributed by atoms with Crippen LogP contribution in [0.4, 0.5) is 0 Å². The lowest BCUT2D eigenvalue weighted by Crippen LogP contribution is -2.33. The third kappa shape index (κ3) is 4.14. The first kappa shape index (κ1) is 13.1. The van der Waals surface area contributed by atoms with Gasteiger partial charge in [-0.25, -0.2) is 0 Å². The van der Waals surface area contributed by atoms with E-state index in [0.29, 0.717) is 12.3 Å². The maximum atomic E-state index is 11.7. The van der Waals surface area contributed by atoms with E-state index in [9.17, 15) is 4.79 Å². The van der Waals surface area contributed by atoms with Crippen molar-refractivity contribution in [2.24, 2.45) is 5.92 Å². The first-order chi connectivity index (χ1) is 8.74. The van der Waals surface area contributed by atoms with Gasteiger partial charge in [-0.3, -0.25) is 9.89 Å². The van der Waals surface area contributed by atoms with Crippen LogP contribution in [0.25, 0.3) is 0 Å². The molecule has 18 heavy (non-hydrogen) atoms. The van der Waals surface area contributed by atoms with Gasteiger partial charge < -0.3 is 10.6 Å².